The molecule has 1 heterocycles. The summed E-state index contributed by atoms with van der Waals surface area (Å²) in [5.41, 5.74) is 22.8. The van der Waals surface area contributed by atoms with Gasteiger partial charge in [-0.3, -0.25) is 9.34 Å². The molecule has 0 fully saturated rings. The fourth-order valence-electron chi connectivity index (χ4n) is 11.8. The number of fused-ring (bicyclic) bond motifs is 11. The maximum atomic E-state index is 2.56. The van der Waals surface area contributed by atoms with E-state index in [4.69, 9.17) is 0 Å². The summed E-state index contributed by atoms with van der Waals surface area (Å²) in [5.74, 6) is 0. The maximum absolute atomic E-state index is 2.56. The molecule has 0 N–H and O–H groups in total. The first-order chi connectivity index (χ1) is 35.3. The molecule has 0 bridgehead atoms. The van der Waals surface area contributed by atoms with Crippen LogP contribution in [0.1, 0.15) is 22.3 Å². The van der Waals surface area contributed by atoms with E-state index in [1.54, 1.807) is 0 Å². The molecule has 0 amide bonds. The molecule has 11 aromatic carbocycles. The smallest absolute Gasteiger partial charge is 0.138 e. The van der Waals surface area contributed by atoms with Gasteiger partial charge in [-0.15, -0.1) is 0 Å². The van der Waals surface area contributed by atoms with E-state index in [0.717, 1.165) is 22.6 Å². The lowest BCUT2D eigenvalue weighted by Crippen LogP contribution is -2.26. The van der Waals surface area contributed by atoms with E-state index in [0.29, 0.717) is 0 Å². The summed E-state index contributed by atoms with van der Waals surface area (Å²) < 4.78 is 5.11. The van der Waals surface area contributed by atoms with E-state index in [1.165, 1.54) is 89.3 Å². The number of para-hydroxylation sites is 2. The highest BCUT2D eigenvalue weighted by molar-refractivity contribution is 7.70. The van der Waals surface area contributed by atoms with Gasteiger partial charge in [0.15, 0.2) is 0 Å². The van der Waals surface area contributed by atoms with Crippen LogP contribution in [-0.2, 0) is 5.41 Å². The Balaban J connectivity index is 0.939. The van der Waals surface area contributed by atoms with Gasteiger partial charge < -0.3 is 4.90 Å². The van der Waals surface area contributed by atoms with Crippen molar-refractivity contribution in [3.8, 4) is 44.5 Å². The molecular weight excluding hydrogens is 878 g/mol. The maximum Gasteiger partial charge on any atom is 0.138 e. The summed E-state index contributed by atoms with van der Waals surface area (Å²) in [6.07, 6.45) is 0. The number of hydrogen-bond donors (Lipinski definition) is 0. The van der Waals surface area contributed by atoms with Crippen LogP contribution in [0.4, 0.5) is 39.8 Å². The highest BCUT2D eigenvalue weighted by atomic mass is 31.1. The summed E-state index contributed by atoms with van der Waals surface area (Å²) in [6.45, 7) is 0. The molecule has 3 aliphatic rings. The minimum atomic E-state index is -1.01. The van der Waals surface area contributed by atoms with Crippen LogP contribution < -0.4 is 19.5 Å². The van der Waals surface area contributed by atoms with E-state index in [-0.39, 0.29) is 0 Å². The average molecular weight is 924 g/mol. The van der Waals surface area contributed by atoms with Crippen molar-refractivity contribution in [3.63, 3.8) is 0 Å². The van der Waals surface area contributed by atoms with Gasteiger partial charge in [0.2, 0.25) is 0 Å². The van der Waals surface area contributed by atoms with Crippen LogP contribution in [0.25, 0.3) is 44.5 Å². The Bertz CT molecular complexity index is 3740. The van der Waals surface area contributed by atoms with Crippen LogP contribution in [0.5, 0.6) is 0 Å². The molecule has 0 radical (unpaired) electrons. The number of benzene rings is 11. The van der Waals surface area contributed by atoms with Gasteiger partial charge in [-0.25, -0.2) is 0 Å². The first kappa shape index (κ1) is 41.2. The van der Waals surface area contributed by atoms with Gasteiger partial charge in [-0.1, -0.05) is 212 Å². The van der Waals surface area contributed by atoms with Crippen molar-refractivity contribution < 1.29 is 0 Å². The van der Waals surface area contributed by atoms with Gasteiger partial charge in [-0.05, 0) is 128 Å². The number of nitrogens with zero attached hydrogens (tertiary/aromatic N) is 3. The summed E-state index contributed by atoms with van der Waals surface area (Å²) >= 11 is 0. The lowest BCUT2D eigenvalue weighted by Gasteiger charge is -2.32. The molecule has 1 spiro atoms. The normalized spacial score (nSPS) is 14.4. The molecule has 11 aromatic rings. The molecule has 4 heteroatoms. The monoisotopic (exact) mass is 923 g/mol. The lowest BCUT2D eigenvalue weighted by atomic mass is 9.70. The summed E-state index contributed by atoms with van der Waals surface area (Å²) in [6, 6.07) is 103. The standard InChI is InChI=1S/C67H46N3P/c1-5-21-47(22-6-1)49-23-19-28-54(45-49)68(64-38-20-37-62-66(64)58-33-15-18-36-61(58)67(62)59-34-16-13-31-56(59)57-32-14-17-35-60(57)67)51-42-39-48(40-43-51)50-41-44-63-65(46-50)70(53-26-9-3-10-27-53)71(55-29-11-4-12-30-55)69(63)52-24-7-2-8-25-52/h1-46H. The fourth-order valence-corrected chi connectivity index (χ4v) is 14.3. The third-order valence-corrected chi connectivity index (χ3v) is 17.1. The molecule has 0 saturated heterocycles. The second kappa shape index (κ2) is 16.7. The van der Waals surface area contributed by atoms with Crippen LogP contribution >= 0.6 is 8.22 Å². The van der Waals surface area contributed by atoms with E-state index < -0.39 is 13.6 Å². The van der Waals surface area contributed by atoms with Gasteiger partial charge in [-0.2, -0.15) is 0 Å². The Morgan fingerprint density at radius 1 is 0.310 bits per heavy atom. The van der Waals surface area contributed by atoms with Crippen molar-refractivity contribution in [3.05, 3.63) is 301 Å². The van der Waals surface area contributed by atoms with Crippen LogP contribution in [0.2, 0.25) is 0 Å². The minimum Gasteiger partial charge on any atom is -0.310 e. The second-order valence-electron chi connectivity index (χ2n) is 18.5. The molecule has 0 aromatic heterocycles. The molecule has 1 aliphatic heterocycles. The van der Waals surface area contributed by atoms with Gasteiger partial charge in [0.25, 0.3) is 0 Å². The van der Waals surface area contributed by atoms with Crippen LogP contribution in [0, 0.1) is 0 Å². The Morgan fingerprint density at radius 2 is 0.775 bits per heavy atom. The van der Waals surface area contributed by atoms with Crippen molar-refractivity contribution in [2.24, 2.45) is 0 Å². The molecule has 71 heavy (non-hydrogen) atoms. The zero-order chi connectivity index (χ0) is 46.9. The van der Waals surface area contributed by atoms with Crippen LogP contribution in [0.3, 0.4) is 0 Å². The topological polar surface area (TPSA) is 9.72 Å². The van der Waals surface area contributed by atoms with E-state index >= 15 is 0 Å². The summed E-state index contributed by atoms with van der Waals surface area (Å²) in [7, 11) is -1.01. The first-order valence-corrected chi connectivity index (χ1v) is 25.7. The summed E-state index contributed by atoms with van der Waals surface area (Å²) in [4.78, 5) is 2.49. The molecule has 334 valence electrons. The quantitative estimate of drug-likeness (QED) is 0.141. The summed E-state index contributed by atoms with van der Waals surface area (Å²) in [5, 5.41) is 1.29. The predicted octanol–water partition coefficient (Wildman–Crippen LogP) is 17.8. The molecular formula is C67H46N3P. The fraction of sp³-hybridized carbons (Fsp3) is 0.0149. The van der Waals surface area contributed by atoms with Gasteiger partial charge in [0, 0.05) is 33.6 Å². The van der Waals surface area contributed by atoms with Crippen molar-refractivity contribution in [2.75, 3.05) is 14.2 Å². The van der Waals surface area contributed by atoms with E-state index in [9.17, 15) is 0 Å². The molecule has 3 nitrogen and oxygen atoms in total. The largest absolute Gasteiger partial charge is 0.310 e. The van der Waals surface area contributed by atoms with Crippen molar-refractivity contribution in [1.29, 1.82) is 0 Å². The SMILES string of the molecule is c1ccc(-c2cccc(N(c3ccc(-c4ccc5c(c4)N(c4ccccc4)P(c4ccccc4)N5c4ccccc4)cc3)c3cccc4c3-c3ccccc3C43c4ccccc4-c4ccccc43)c2)cc1. The van der Waals surface area contributed by atoms with Crippen LogP contribution in [-0.4, -0.2) is 0 Å². The Kier molecular flexibility index (Phi) is 9.72. The molecule has 0 saturated carbocycles. The zero-order valence-corrected chi connectivity index (χ0v) is 39.7. The zero-order valence-electron chi connectivity index (χ0n) is 38.8. The molecule has 14 rings (SSSR count). The number of hydrogen-bond acceptors (Lipinski definition) is 3. The van der Waals surface area contributed by atoms with Crippen molar-refractivity contribution in [1.82, 2.24) is 0 Å². The number of rotatable bonds is 8. The first-order valence-electron chi connectivity index (χ1n) is 24.4. The second-order valence-corrected chi connectivity index (χ2v) is 20.4. The van der Waals surface area contributed by atoms with Crippen molar-refractivity contribution >= 4 is 53.3 Å². The Hall–Kier alpha value is -8.75. The third kappa shape index (κ3) is 6.40. The van der Waals surface area contributed by atoms with Gasteiger partial charge in [0.1, 0.15) is 8.22 Å². The predicted molar refractivity (Wildman–Crippen MR) is 298 cm³/mol. The highest BCUT2D eigenvalue weighted by Crippen LogP contribution is 2.66. The van der Waals surface area contributed by atoms with Crippen molar-refractivity contribution in [2.45, 2.75) is 5.41 Å². The average Bonchev–Trinajstić information content (AvgIpc) is 4.07. The van der Waals surface area contributed by atoms with E-state index in [1.807, 2.05) is 0 Å². The van der Waals surface area contributed by atoms with E-state index in [2.05, 4.69) is 293 Å². The molecule has 1 unspecified atom stereocenters. The Morgan fingerprint density at radius 3 is 1.42 bits per heavy atom. The minimum absolute atomic E-state index is 0.450. The molecule has 2 aliphatic carbocycles. The molecule has 1 atom stereocenters. The van der Waals surface area contributed by atoms with Gasteiger partial charge in [0.05, 0.1) is 22.5 Å². The highest BCUT2D eigenvalue weighted by Gasteiger charge is 2.52. The number of anilines is 7. The Labute approximate surface area is 416 Å². The van der Waals surface area contributed by atoms with Crippen LogP contribution in [0.15, 0.2) is 279 Å². The lowest BCUT2D eigenvalue weighted by molar-refractivity contribution is 0.794. The third-order valence-electron chi connectivity index (χ3n) is 14.7. The van der Waals surface area contributed by atoms with Gasteiger partial charge >= 0.3 is 0 Å².